The Morgan fingerprint density at radius 2 is 2.36 bits per heavy atom. The molecule has 0 spiro atoms. The van der Waals surface area contributed by atoms with Crippen molar-refractivity contribution < 1.29 is 0 Å². The maximum atomic E-state index is 11.6. The maximum Gasteiger partial charge on any atom is 0.250 e. The summed E-state index contributed by atoms with van der Waals surface area (Å²) in [6.45, 7) is 1.43. The molecule has 76 valence electrons. The molecule has 2 N–H and O–H groups in total. The van der Waals surface area contributed by atoms with Gasteiger partial charge in [0.05, 0.1) is 0 Å². The first-order chi connectivity index (χ1) is 6.72. The fourth-order valence-electron chi connectivity index (χ4n) is 1.93. The molecule has 2 heterocycles. The molecule has 1 aromatic rings. The van der Waals surface area contributed by atoms with Crippen molar-refractivity contribution in [2.75, 3.05) is 6.54 Å². The van der Waals surface area contributed by atoms with Gasteiger partial charge in [-0.25, -0.2) is 0 Å². The molecule has 3 nitrogen and oxygen atoms in total. The van der Waals surface area contributed by atoms with Gasteiger partial charge in [0.2, 0.25) is 0 Å². The number of nitrogens with zero attached hydrogens (tertiary/aromatic N) is 1. The number of nitrogens with two attached hydrogens (primary N) is 1. The summed E-state index contributed by atoms with van der Waals surface area (Å²) in [7, 11) is 0. The molecule has 0 fully saturated rings. The van der Waals surface area contributed by atoms with Crippen LogP contribution in [0.1, 0.15) is 12.1 Å². The number of fused-ring (bicyclic) bond motifs is 1. The van der Waals surface area contributed by atoms with Gasteiger partial charge in [-0.15, -0.1) is 0 Å². The molecule has 0 amide bonds. The lowest BCUT2D eigenvalue weighted by Crippen LogP contribution is -2.34. The van der Waals surface area contributed by atoms with E-state index in [2.05, 4.69) is 15.9 Å². The lowest BCUT2D eigenvalue weighted by atomic mass is 9.97. The molecular weight excluding hydrogens is 244 g/mol. The van der Waals surface area contributed by atoms with Gasteiger partial charge in [0.25, 0.3) is 5.56 Å². The summed E-state index contributed by atoms with van der Waals surface area (Å²) < 4.78 is 2.87. The molecule has 1 aliphatic heterocycles. The van der Waals surface area contributed by atoms with Gasteiger partial charge in [0.1, 0.15) is 0 Å². The summed E-state index contributed by atoms with van der Waals surface area (Å²) >= 11 is 3.47. The Morgan fingerprint density at radius 3 is 3.07 bits per heavy atom. The third-order valence-electron chi connectivity index (χ3n) is 2.80. The summed E-state index contributed by atoms with van der Waals surface area (Å²) in [5.41, 5.74) is 6.82. The molecule has 0 aliphatic carbocycles. The van der Waals surface area contributed by atoms with Crippen LogP contribution in [0.4, 0.5) is 0 Å². The average molecular weight is 257 g/mol. The third-order valence-corrected chi connectivity index (χ3v) is 3.53. The largest absolute Gasteiger partial charge is 0.330 e. The van der Waals surface area contributed by atoms with E-state index in [1.165, 1.54) is 0 Å². The Labute approximate surface area is 91.0 Å². The minimum Gasteiger partial charge on any atom is -0.330 e. The molecule has 1 aliphatic rings. The Balaban J connectivity index is 2.46. The minimum atomic E-state index is 0.0846. The van der Waals surface area contributed by atoms with E-state index in [1.54, 1.807) is 6.07 Å². The Bertz CT molecular complexity index is 400. The molecule has 0 saturated carbocycles. The normalized spacial score (nSPS) is 20.6. The topological polar surface area (TPSA) is 48.0 Å². The average Bonchev–Trinajstić information content (AvgIpc) is 2.23. The van der Waals surface area contributed by atoms with Gasteiger partial charge < -0.3 is 10.3 Å². The SMILES string of the molecule is NCC1CCc2c(Br)ccc(=O)n2C1. The summed E-state index contributed by atoms with van der Waals surface area (Å²) in [4.78, 5) is 11.6. The van der Waals surface area contributed by atoms with Gasteiger partial charge in [-0.05, 0) is 47.3 Å². The highest BCUT2D eigenvalue weighted by Crippen LogP contribution is 2.23. The van der Waals surface area contributed by atoms with Crippen molar-refractivity contribution in [3.05, 3.63) is 32.7 Å². The van der Waals surface area contributed by atoms with Crippen LogP contribution in [0.15, 0.2) is 21.4 Å². The second-order valence-corrected chi connectivity index (χ2v) is 4.57. The Morgan fingerprint density at radius 1 is 1.57 bits per heavy atom. The van der Waals surface area contributed by atoms with Crippen LogP contribution in [0.25, 0.3) is 0 Å². The monoisotopic (exact) mass is 256 g/mol. The van der Waals surface area contributed by atoms with Gasteiger partial charge in [-0.1, -0.05) is 0 Å². The lowest BCUT2D eigenvalue weighted by Gasteiger charge is -2.25. The standard InChI is InChI=1S/C10H13BrN2O/c11-8-2-4-10(14)13-6-7(5-12)1-3-9(8)13/h2,4,7H,1,3,5-6,12H2. The van der Waals surface area contributed by atoms with Gasteiger partial charge in [0.15, 0.2) is 0 Å². The van der Waals surface area contributed by atoms with Gasteiger partial charge in [0, 0.05) is 22.8 Å². The van der Waals surface area contributed by atoms with Crippen molar-refractivity contribution in [1.29, 1.82) is 0 Å². The number of hydrogen-bond donors (Lipinski definition) is 1. The quantitative estimate of drug-likeness (QED) is 0.819. The molecule has 2 rings (SSSR count). The van der Waals surface area contributed by atoms with Crippen LogP contribution in [0.5, 0.6) is 0 Å². The number of rotatable bonds is 1. The fraction of sp³-hybridized carbons (Fsp3) is 0.500. The molecule has 4 heteroatoms. The summed E-state index contributed by atoms with van der Waals surface area (Å²) in [6.07, 6.45) is 2.02. The van der Waals surface area contributed by atoms with E-state index < -0.39 is 0 Å². The van der Waals surface area contributed by atoms with E-state index in [4.69, 9.17) is 5.73 Å². The van der Waals surface area contributed by atoms with Crippen LogP contribution in [-0.4, -0.2) is 11.1 Å². The highest BCUT2D eigenvalue weighted by Gasteiger charge is 2.19. The molecule has 0 aromatic carbocycles. The first-order valence-corrected chi connectivity index (χ1v) is 5.60. The van der Waals surface area contributed by atoms with E-state index in [0.717, 1.165) is 29.6 Å². The van der Waals surface area contributed by atoms with E-state index in [-0.39, 0.29) is 5.56 Å². The lowest BCUT2D eigenvalue weighted by molar-refractivity contribution is 0.367. The molecule has 1 aromatic heterocycles. The minimum absolute atomic E-state index is 0.0846. The molecule has 14 heavy (non-hydrogen) atoms. The Hall–Kier alpha value is -0.610. The first-order valence-electron chi connectivity index (χ1n) is 4.80. The fourth-order valence-corrected chi connectivity index (χ4v) is 2.47. The highest BCUT2D eigenvalue weighted by atomic mass is 79.9. The zero-order valence-electron chi connectivity index (χ0n) is 7.87. The number of aromatic nitrogens is 1. The third kappa shape index (κ3) is 1.64. The molecule has 0 saturated heterocycles. The molecule has 1 unspecified atom stereocenters. The van der Waals surface area contributed by atoms with Crippen molar-refractivity contribution in [1.82, 2.24) is 4.57 Å². The van der Waals surface area contributed by atoms with Crippen LogP contribution in [0.2, 0.25) is 0 Å². The highest BCUT2D eigenvalue weighted by molar-refractivity contribution is 9.10. The van der Waals surface area contributed by atoms with Crippen LogP contribution in [0, 0.1) is 5.92 Å². The van der Waals surface area contributed by atoms with E-state index in [9.17, 15) is 4.79 Å². The van der Waals surface area contributed by atoms with Gasteiger partial charge >= 0.3 is 0 Å². The Kier molecular flexibility index (Phi) is 2.74. The van der Waals surface area contributed by atoms with Crippen LogP contribution in [0.3, 0.4) is 0 Å². The van der Waals surface area contributed by atoms with Crippen LogP contribution < -0.4 is 11.3 Å². The van der Waals surface area contributed by atoms with Gasteiger partial charge in [-0.2, -0.15) is 0 Å². The number of pyridine rings is 1. The zero-order valence-corrected chi connectivity index (χ0v) is 9.46. The zero-order chi connectivity index (χ0) is 10.1. The van der Waals surface area contributed by atoms with E-state index >= 15 is 0 Å². The molecular formula is C10H13BrN2O. The molecule has 0 bridgehead atoms. The predicted octanol–water partition coefficient (Wildman–Crippen LogP) is 1.13. The summed E-state index contributed by atoms with van der Waals surface area (Å²) in [6, 6.07) is 3.43. The van der Waals surface area contributed by atoms with Crippen LogP contribution in [-0.2, 0) is 13.0 Å². The smallest absolute Gasteiger partial charge is 0.250 e. The van der Waals surface area contributed by atoms with Crippen molar-refractivity contribution in [2.24, 2.45) is 11.7 Å². The van der Waals surface area contributed by atoms with E-state index in [1.807, 2.05) is 10.6 Å². The second-order valence-electron chi connectivity index (χ2n) is 3.72. The van der Waals surface area contributed by atoms with Gasteiger partial charge in [-0.3, -0.25) is 4.79 Å². The number of hydrogen-bond acceptors (Lipinski definition) is 2. The molecule has 0 radical (unpaired) electrons. The van der Waals surface area contributed by atoms with Crippen molar-refractivity contribution >= 4 is 15.9 Å². The summed E-state index contributed by atoms with van der Waals surface area (Å²) in [5.74, 6) is 0.453. The van der Waals surface area contributed by atoms with E-state index in [0.29, 0.717) is 12.5 Å². The first kappa shape index (κ1) is 9.93. The van der Waals surface area contributed by atoms with Crippen LogP contribution >= 0.6 is 15.9 Å². The summed E-state index contributed by atoms with van der Waals surface area (Å²) in [5, 5.41) is 0. The second kappa shape index (κ2) is 3.87. The molecule has 1 atom stereocenters. The van der Waals surface area contributed by atoms with Crippen molar-refractivity contribution in [2.45, 2.75) is 19.4 Å². The van der Waals surface area contributed by atoms with Crippen molar-refractivity contribution in [3.63, 3.8) is 0 Å². The predicted molar refractivity (Wildman–Crippen MR) is 59.3 cm³/mol. The maximum absolute atomic E-state index is 11.6. The number of halogens is 1. The van der Waals surface area contributed by atoms with Crippen molar-refractivity contribution in [3.8, 4) is 0 Å².